The number of rotatable bonds is 4. The molecule has 0 saturated heterocycles. The maximum Gasteiger partial charge on any atom is 0.257 e. The second-order valence-corrected chi connectivity index (χ2v) is 7.60. The van der Waals surface area contributed by atoms with Crippen molar-refractivity contribution >= 4 is 56.9 Å². The van der Waals surface area contributed by atoms with Crippen LogP contribution in [-0.2, 0) is 0 Å². The van der Waals surface area contributed by atoms with Crippen LogP contribution in [0.2, 0.25) is 8.67 Å². The van der Waals surface area contributed by atoms with Crippen LogP contribution < -0.4 is 10.1 Å². The highest BCUT2D eigenvalue weighted by atomic mass is 35.5. The molecule has 1 amide bonds. The molecule has 23 heavy (non-hydrogen) atoms. The first-order chi connectivity index (χ1) is 11.1. The van der Waals surface area contributed by atoms with Gasteiger partial charge in [0, 0.05) is 16.5 Å². The largest absolute Gasteiger partial charge is 0.497 e. The molecule has 1 N–H and O–H groups in total. The molecule has 0 saturated carbocycles. The van der Waals surface area contributed by atoms with Gasteiger partial charge in [-0.3, -0.25) is 10.1 Å². The van der Waals surface area contributed by atoms with Gasteiger partial charge >= 0.3 is 0 Å². The Bertz CT molecular complexity index is 844. The van der Waals surface area contributed by atoms with Gasteiger partial charge in [0.15, 0.2) is 5.13 Å². The van der Waals surface area contributed by atoms with Crippen molar-refractivity contribution in [3.63, 3.8) is 0 Å². The van der Waals surface area contributed by atoms with Crippen LogP contribution in [-0.4, -0.2) is 18.0 Å². The number of aromatic nitrogens is 1. The van der Waals surface area contributed by atoms with E-state index in [1.54, 1.807) is 37.4 Å². The average molecular weight is 385 g/mol. The Hall–Kier alpha value is -1.60. The van der Waals surface area contributed by atoms with Crippen LogP contribution in [0.1, 0.15) is 10.4 Å². The monoisotopic (exact) mass is 384 g/mol. The minimum atomic E-state index is -0.233. The number of thiophene rings is 1. The van der Waals surface area contributed by atoms with E-state index in [1.165, 1.54) is 22.7 Å². The minimum absolute atomic E-state index is 0.233. The third-order valence-electron chi connectivity index (χ3n) is 3.01. The summed E-state index contributed by atoms with van der Waals surface area (Å²) in [5, 5.41) is 5.09. The summed E-state index contributed by atoms with van der Waals surface area (Å²) < 4.78 is 6.24. The van der Waals surface area contributed by atoms with E-state index in [4.69, 9.17) is 27.9 Å². The summed E-state index contributed by atoms with van der Waals surface area (Å²) in [6.45, 7) is 0. The number of nitrogens with one attached hydrogen (secondary N) is 1. The van der Waals surface area contributed by atoms with Crippen molar-refractivity contribution in [1.29, 1.82) is 0 Å². The number of amides is 1. The van der Waals surface area contributed by atoms with Gasteiger partial charge < -0.3 is 4.74 Å². The van der Waals surface area contributed by atoms with Crippen molar-refractivity contribution in [2.45, 2.75) is 0 Å². The Kier molecular flexibility index (Phi) is 4.87. The maximum atomic E-state index is 12.2. The molecule has 0 aliphatic rings. The first-order valence-electron chi connectivity index (χ1n) is 6.43. The molecule has 118 valence electrons. The van der Waals surface area contributed by atoms with Crippen LogP contribution in [0.25, 0.3) is 11.3 Å². The number of thiazole rings is 1. The number of methoxy groups -OCH3 is 1. The van der Waals surface area contributed by atoms with Crippen LogP contribution in [0, 0.1) is 0 Å². The Balaban J connectivity index is 1.75. The molecule has 1 aromatic carbocycles. The van der Waals surface area contributed by atoms with Gasteiger partial charge in [0.05, 0.1) is 17.1 Å². The predicted octanol–water partition coefficient (Wildman–Crippen LogP) is 5.44. The second-order valence-electron chi connectivity index (χ2n) is 4.46. The van der Waals surface area contributed by atoms with E-state index in [-0.39, 0.29) is 5.91 Å². The van der Waals surface area contributed by atoms with Crippen LogP contribution in [0.3, 0.4) is 0 Å². The van der Waals surface area contributed by atoms with Gasteiger partial charge in [-0.1, -0.05) is 23.2 Å². The maximum absolute atomic E-state index is 12.2. The van der Waals surface area contributed by atoms with E-state index < -0.39 is 0 Å². The smallest absolute Gasteiger partial charge is 0.257 e. The first kappa shape index (κ1) is 16.3. The predicted molar refractivity (Wildman–Crippen MR) is 96.4 cm³/mol. The Morgan fingerprint density at radius 2 is 2.00 bits per heavy atom. The lowest BCUT2D eigenvalue weighted by molar-refractivity contribution is 0.102. The third-order valence-corrected chi connectivity index (χ3v) is 5.25. The van der Waals surface area contributed by atoms with Gasteiger partial charge in [-0.25, -0.2) is 4.98 Å². The molecule has 0 aliphatic heterocycles. The van der Waals surface area contributed by atoms with Crippen LogP contribution >= 0.6 is 45.9 Å². The molecule has 0 radical (unpaired) electrons. The van der Waals surface area contributed by atoms with Gasteiger partial charge in [0.2, 0.25) is 0 Å². The van der Waals surface area contributed by atoms with E-state index >= 15 is 0 Å². The Morgan fingerprint density at radius 1 is 1.26 bits per heavy atom. The highest BCUT2D eigenvalue weighted by Crippen LogP contribution is 2.39. The molecule has 0 aliphatic carbocycles. The fraction of sp³-hybridized carbons (Fsp3) is 0.0667. The van der Waals surface area contributed by atoms with Gasteiger partial charge in [0.1, 0.15) is 10.1 Å². The zero-order valence-corrected chi connectivity index (χ0v) is 14.9. The molecular weight excluding hydrogens is 375 g/mol. The quantitative estimate of drug-likeness (QED) is 0.651. The molecule has 2 heterocycles. The number of carbonyl (C=O) groups excluding carboxylic acids is 1. The van der Waals surface area contributed by atoms with E-state index in [9.17, 15) is 4.79 Å². The molecule has 0 bridgehead atoms. The second kappa shape index (κ2) is 6.88. The summed E-state index contributed by atoms with van der Waals surface area (Å²) in [6.07, 6.45) is 0. The standard InChI is InChI=1S/C15H10Cl2N2O2S2/c1-21-9-4-2-8(3-5-9)14(20)19-15-18-11(7-22-15)10-6-12(16)23-13(10)17/h2-7H,1H3,(H,18,19,20). The number of benzene rings is 1. The van der Waals surface area contributed by atoms with Gasteiger partial charge in [-0.2, -0.15) is 0 Å². The number of hydrogen-bond donors (Lipinski definition) is 1. The minimum Gasteiger partial charge on any atom is -0.497 e. The van der Waals surface area contributed by atoms with E-state index in [0.717, 1.165) is 5.56 Å². The zero-order valence-electron chi connectivity index (χ0n) is 11.8. The van der Waals surface area contributed by atoms with Crippen LogP contribution in [0.4, 0.5) is 5.13 Å². The molecule has 4 nitrogen and oxygen atoms in total. The SMILES string of the molecule is COc1ccc(C(=O)Nc2nc(-c3cc(Cl)sc3Cl)cs2)cc1. The molecule has 8 heteroatoms. The number of nitrogens with zero attached hydrogens (tertiary/aromatic N) is 1. The van der Waals surface area contributed by atoms with E-state index in [1.807, 2.05) is 5.38 Å². The molecule has 0 spiro atoms. The third kappa shape index (κ3) is 3.67. The number of hydrogen-bond acceptors (Lipinski definition) is 5. The lowest BCUT2D eigenvalue weighted by Gasteiger charge is -2.03. The van der Waals surface area contributed by atoms with Crippen molar-refractivity contribution in [2.75, 3.05) is 12.4 Å². The van der Waals surface area contributed by atoms with Crippen molar-refractivity contribution < 1.29 is 9.53 Å². The number of ether oxygens (including phenoxy) is 1. The first-order valence-corrected chi connectivity index (χ1v) is 8.88. The molecule has 0 fully saturated rings. The summed E-state index contributed by atoms with van der Waals surface area (Å²) in [5.74, 6) is 0.463. The van der Waals surface area contributed by atoms with E-state index in [2.05, 4.69) is 10.3 Å². The average Bonchev–Trinajstić information content (AvgIpc) is 3.13. The highest BCUT2D eigenvalue weighted by Gasteiger charge is 2.14. The molecular formula is C15H10Cl2N2O2S2. The van der Waals surface area contributed by atoms with Gasteiger partial charge in [-0.15, -0.1) is 22.7 Å². The lowest BCUT2D eigenvalue weighted by atomic mass is 10.2. The zero-order chi connectivity index (χ0) is 16.4. The summed E-state index contributed by atoms with van der Waals surface area (Å²) in [5.41, 5.74) is 1.98. The molecule has 2 aromatic heterocycles. The summed E-state index contributed by atoms with van der Waals surface area (Å²) in [6, 6.07) is 8.61. The molecule has 3 rings (SSSR count). The van der Waals surface area contributed by atoms with E-state index in [0.29, 0.717) is 30.8 Å². The number of carbonyl (C=O) groups is 1. The normalized spacial score (nSPS) is 10.6. The number of anilines is 1. The molecule has 3 aromatic rings. The van der Waals surface area contributed by atoms with Crippen LogP contribution in [0.5, 0.6) is 5.75 Å². The fourth-order valence-electron chi connectivity index (χ4n) is 1.88. The summed E-state index contributed by atoms with van der Waals surface area (Å²) >= 11 is 14.7. The molecule has 0 unspecified atom stereocenters. The topological polar surface area (TPSA) is 51.2 Å². The Morgan fingerprint density at radius 3 is 2.61 bits per heavy atom. The highest BCUT2D eigenvalue weighted by molar-refractivity contribution is 7.20. The van der Waals surface area contributed by atoms with Gasteiger partial charge in [0.25, 0.3) is 5.91 Å². The number of halogens is 2. The van der Waals surface area contributed by atoms with Crippen molar-refractivity contribution in [2.24, 2.45) is 0 Å². The summed E-state index contributed by atoms with van der Waals surface area (Å²) in [4.78, 5) is 16.6. The fourth-order valence-corrected chi connectivity index (χ4v) is 4.07. The van der Waals surface area contributed by atoms with Gasteiger partial charge in [-0.05, 0) is 30.3 Å². The lowest BCUT2D eigenvalue weighted by Crippen LogP contribution is -2.11. The summed E-state index contributed by atoms with van der Waals surface area (Å²) in [7, 11) is 1.58. The van der Waals surface area contributed by atoms with Crippen molar-refractivity contribution in [3.8, 4) is 17.0 Å². The van der Waals surface area contributed by atoms with Crippen molar-refractivity contribution in [1.82, 2.24) is 4.98 Å². The Labute approximate surface area is 150 Å². The van der Waals surface area contributed by atoms with Crippen molar-refractivity contribution in [3.05, 3.63) is 49.9 Å². The molecule has 0 atom stereocenters. The van der Waals surface area contributed by atoms with Crippen LogP contribution in [0.15, 0.2) is 35.7 Å².